The molecule has 80 valence electrons. The first-order valence-corrected chi connectivity index (χ1v) is 4.76. The Hall–Kier alpha value is -0.160. The van der Waals surface area contributed by atoms with Gasteiger partial charge in [0.15, 0.2) is 0 Å². The topological polar surface area (TPSA) is 46.2 Å². The highest BCUT2D eigenvalue weighted by molar-refractivity contribution is 9.10. The van der Waals surface area contributed by atoms with Crippen molar-refractivity contribution in [2.75, 3.05) is 6.61 Å². The zero-order chi connectivity index (χ0) is 9.84. The van der Waals surface area contributed by atoms with Gasteiger partial charge in [0.05, 0.1) is 4.47 Å². The average Bonchev–Trinajstić information content (AvgIpc) is 2.10. The third-order valence-corrected chi connectivity index (χ3v) is 2.43. The molecule has 3 N–H and O–H groups in total. The second-order valence-corrected chi connectivity index (χ2v) is 3.62. The van der Waals surface area contributed by atoms with E-state index in [2.05, 4.69) is 15.9 Å². The van der Waals surface area contributed by atoms with Gasteiger partial charge in [-0.05, 0) is 28.4 Å². The maximum absolute atomic E-state index is 13.4. The van der Waals surface area contributed by atoms with Crippen LogP contribution in [0.15, 0.2) is 22.7 Å². The zero-order valence-electron chi connectivity index (χ0n) is 7.41. The summed E-state index contributed by atoms with van der Waals surface area (Å²) in [6.07, 6.45) is 0.368. The predicted octanol–water partition coefficient (Wildman–Crippen LogP) is 2.39. The molecule has 14 heavy (non-hydrogen) atoms. The highest BCUT2D eigenvalue weighted by Gasteiger charge is 2.12. The molecule has 0 heterocycles. The molecule has 0 unspecified atom stereocenters. The van der Waals surface area contributed by atoms with Gasteiger partial charge in [0, 0.05) is 18.2 Å². The van der Waals surface area contributed by atoms with Crippen LogP contribution in [-0.2, 0) is 0 Å². The molecule has 0 saturated heterocycles. The van der Waals surface area contributed by atoms with Crippen molar-refractivity contribution in [3.05, 3.63) is 34.1 Å². The molecule has 0 bridgehead atoms. The van der Waals surface area contributed by atoms with Crippen LogP contribution in [0.3, 0.4) is 0 Å². The van der Waals surface area contributed by atoms with Gasteiger partial charge >= 0.3 is 0 Å². The Morgan fingerprint density at radius 1 is 1.50 bits per heavy atom. The van der Waals surface area contributed by atoms with E-state index < -0.39 is 6.04 Å². The summed E-state index contributed by atoms with van der Waals surface area (Å²) in [7, 11) is 0. The molecule has 5 heteroatoms. The minimum atomic E-state index is -0.442. The van der Waals surface area contributed by atoms with Crippen molar-refractivity contribution in [3.63, 3.8) is 0 Å². The lowest BCUT2D eigenvalue weighted by molar-refractivity contribution is 0.275. The van der Waals surface area contributed by atoms with Gasteiger partial charge in [0.1, 0.15) is 5.82 Å². The summed E-state index contributed by atoms with van der Waals surface area (Å²) in [5, 5.41) is 8.64. The van der Waals surface area contributed by atoms with E-state index in [9.17, 15) is 4.39 Å². The predicted molar refractivity (Wildman–Crippen MR) is 60.0 cm³/mol. The third-order valence-electron chi connectivity index (χ3n) is 1.82. The zero-order valence-corrected chi connectivity index (χ0v) is 9.81. The summed E-state index contributed by atoms with van der Waals surface area (Å²) in [6, 6.07) is 4.52. The van der Waals surface area contributed by atoms with Gasteiger partial charge in [-0.3, -0.25) is 0 Å². The standard InChI is InChI=1S/C9H11BrFNO.ClH/c10-7-3-1-2-6(9(7)11)8(12)4-5-13;/h1-3,8,13H,4-5,12H2;1H/t8-;/m1./s1. The van der Waals surface area contributed by atoms with E-state index in [1.807, 2.05) is 0 Å². The van der Waals surface area contributed by atoms with E-state index in [-0.39, 0.29) is 24.8 Å². The Morgan fingerprint density at radius 2 is 2.14 bits per heavy atom. The number of aliphatic hydroxyl groups is 1. The molecule has 0 saturated carbocycles. The van der Waals surface area contributed by atoms with Crippen LogP contribution in [0.25, 0.3) is 0 Å². The minimum Gasteiger partial charge on any atom is -0.396 e. The molecular weight excluding hydrogens is 272 g/mol. The Labute approximate surface area is 96.8 Å². The van der Waals surface area contributed by atoms with Gasteiger partial charge in [-0.15, -0.1) is 12.4 Å². The van der Waals surface area contributed by atoms with Crippen molar-refractivity contribution in [1.82, 2.24) is 0 Å². The van der Waals surface area contributed by atoms with Gasteiger partial charge in [-0.2, -0.15) is 0 Å². The van der Waals surface area contributed by atoms with Gasteiger partial charge < -0.3 is 10.8 Å². The molecule has 0 aliphatic heterocycles. The van der Waals surface area contributed by atoms with Crippen LogP contribution < -0.4 is 5.73 Å². The Kier molecular flexibility index (Phi) is 6.27. The summed E-state index contributed by atoms with van der Waals surface area (Å²) in [4.78, 5) is 0. The quantitative estimate of drug-likeness (QED) is 0.895. The minimum absolute atomic E-state index is 0. The lowest BCUT2D eigenvalue weighted by Gasteiger charge is -2.11. The molecule has 0 aliphatic rings. The molecule has 0 amide bonds. The van der Waals surface area contributed by atoms with Crippen molar-refractivity contribution < 1.29 is 9.50 Å². The van der Waals surface area contributed by atoms with Crippen LogP contribution in [0.2, 0.25) is 0 Å². The summed E-state index contributed by atoms with van der Waals surface area (Å²) in [5.41, 5.74) is 6.09. The highest BCUT2D eigenvalue weighted by atomic mass is 79.9. The van der Waals surface area contributed by atoms with Crippen LogP contribution in [0.4, 0.5) is 4.39 Å². The van der Waals surface area contributed by atoms with Crippen molar-refractivity contribution in [1.29, 1.82) is 0 Å². The van der Waals surface area contributed by atoms with Gasteiger partial charge in [0.2, 0.25) is 0 Å². The van der Waals surface area contributed by atoms with E-state index in [0.29, 0.717) is 16.5 Å². The van der Waals surface area contributed by atoms with Crippen LogP contribution >= 0.6 is 28.3 Å². The van der Waals surface area contributed by atoms with Crippen molar-refractivity contribution >= 4 is 28.3 Å². The maximum atomic E-state index is 13.4. The van der Waals surface area contributed by atoms with E-state index in [0.717, 1.165) is 0 Å². The number of halogens is 3. The monoisotopic (exact) mass is 283 g/mol. The number of aliphatic hydroxyl groups excluding tert-OH is 1. The largest absolute Gasteiger partial charge is 0.396 e. The Balaban J connectivity index is 0.00000169. The molecule has 2 nitrogen and oxygen atoms in total. The van der Waals surface area contributed by atoms with E-state index >= 15 is 0 Å². The summed E-state index contributed by atoms with van der Waals surface area (Å²) in [6.45, 7) is -0.0346. The number of benzene rings is 1. The first kappa shape index (κ1) is 13.8. The lowest BCUT2D eigenvalue weighted by atomic mass is 10.0. The summed E-state index contributed by atoms with van der Waals surface area (Å²) >= 11 is 3.07. The second kappa shape index (κ2) is 6.35. The highest BCUT2D eigenvalue weighted by Crippen LogP contribution is 2.23. The normalized spacial score (nSPS) is 12.0. The van der Waals surface area contributed by atoms with Crippen LogP contribution in [0.1, 0.15) is 18.0 Å². The SMILES string of the molecule is Cl.N[C@H](CCO)c1cccc(Br)c1F. The van der Waals surface area contributed by atoms with Crippen LogP contribution in [-0.4, -0.2) is 11.7 Å². The molecule has 1 atom stereocenters. The summed E-state index contributed by atoms with van der Waals surface area (Å²) < 4.78 is 13.8. The Morgan fingerprint density at radius 3 is 2.71 bits per heavy atom. The number of hydrogen-bond acceptors (Lipinski definition) is 2. The summed E-state index contributed by atoms with van der Waals surface area (Å²) in [5.74, 6) is -0.344. The van der Waals surface area contributed by atoms with Crippen molar-refractivity contribution in [3.8, 4) is 0 Å². The molecule has 0 spiro atoms. The van der Waals surface area contributed by atoms with E-state index in [4.69, 9.17) is 10.8 Å². The first-order valence-electron chi connectivity index (χ1n) is 3.97. The number of rotatable bonds is 3. The first-order chi connectivity index (χ1) is 6.16. The molecule has 0 fully saturated rings. The average molecular weight is 285 g/mol. The van der Waals surface area contributed by atoms with Crippen molar-refractivity contribution in [2.24, 2.45) is 5.73 Å². The maximum Gasteiger partial charge on any atom is 0.142 e. The number of hydrogen-bond donors (Lipinski definition) is 2. The van der Waals surface area contributed by atoms with Gasteiger partial charge in [0.25, 0.3) is 0 Å². The number of nitrogens with two attached hydrogens (primary N) is 1. The fraction of sp³-hybridized carbons (Fsp3) is 0.333. The van der Waals surface area contributed by atoms with E-state index in [1.165, 1.54) is 0 Å². The fourth-order valence-corrected chi connectivity index (χ4v) is 1.48. The molecular formula is C9H12BrClFNO. The third kappa shape index (κ3) is 3.20. The molecule has 0 aromatic heterocycles. The Bertz CT molecular complexity index is 298. The molecule has 1 aromatic rings. The van der Waals surface area contributed by atoms with Crippen LogP contribution in [0.5, 0.6) is 0 Å². The smallest absolute Gasteiger partial charge is 0.142 e. The van der Waals surface area contributed by atoms with Gasteiger partial charge in [-0.1, -0.05) is 12.1 Å². The lowest BCUT2D eigenvalue weighted by Crippen LogP contribution is -2.13. The van der Waals surface area contributed by atoms with E-state index in [1.54, 1.807) is 18.2 Å². The second-order valence-electron chi connectivity index (χ2n) is 2.76. The van der Waals surface area contributed by atoms with Gasteiger partial charge in [-0.25, -0.2) is 4.39 Å². The molecule has 0 aliphatic carbocycles. The molecule has 0 radical (unpaired) electrons. The molecule has 1 rings (SSSR count). The van der Waals surface area contributed by atoms with Crippen LogP contribution in [0, 0.1) is 5.82 Å². The van der Waals surface area contributed by atoms with Crippen molar-refractivity contribution in [2.45, 2.75) is 12.5 Å². The fourth-order valence-electron chi connectivity index (χ4n) is 1.10. The molecule has 1 aromatic carbocycles.